The van der Waals surface area contributed by atoms with Crippen LogP contribution < -0.4 is 29.1 Å². The Kier molecular flexibility index (Phi) is 14.0. The third-order valence-corrected chi connectivity index (χ3v) is 18.2. The summed E-state index contributed by atoms with van der Waals surface area (Å²) in [5, 5.41) is 26.5. The van der Waals surface area contributed by atoms with Crippen molar-refractivity contribution in [3.8, 4) is 23.0 Å². The molecule has 5 aliphatic rings. The Bertz CT molecular complexity index is 3300. The molecule has 1 amide bonds. The summed E-state index contributed by atoms with van der Waals surface area (Å²) in [6, 6.07) is 28.3. The third-order valence-electron chi connectivity index (χ3n) is 16.9. The molecule has 11 rings (SSSR count). The van der Waals surface area contributed by atoms with E-state index in [4.69, 9.17) is 14.2 Å². The first-order chi connectivity index (χ1) is 36.8. The van der Waals surface area contributed by atoms with Crippen LogP contribution >= 0.6 is 0 Å². The summed E-state index contributed by atoms with van der Waals surface area (Å²) in [5.74, 6) is 1.08. The Labute approximate surface area is 450 Å². The normalized spacial score (nSPS) is 22.5. The molecule has 17 nitrogen and oxygen atoms in total. The van der Waals surface area contributed by atoms with Crippen LogP contribution in [0.4, 0.5) is 17.1 Å². The number of anilines is 2. The fourth-order valence-electron chi connectivity index (χ4n) is 12.6. The number of pyridine rings is 1. The molecule has 6 aromatic rings. The lowest BCUT2D eigenvalue weighted by atomic mass is 9.59. The second-order valence-corrected chi connectivity index (χ2v) is 24.9. The van der Waals surface area contributed by atoms with E-state index in [0.717, 1.165) is 112 Å². The van der Waals surface area contributed by atoms with Crippen LogP contribution in [0.25, 0.3) is 11.0 Å². The highest BCUT2D eigenvalue weighted by molar-refractivity contribution is 7.90. The highest BCUT2D eigenvalue weighted by Crippen LogP contribution is 2.54. The number of benzene rings is 4. The van der Waals surface area contributed by atoms with Gasteiger partial charge < -0.3 is 34.5 Å². The Morgan fingerprint density at radius 3 is 2.48 bits per heavy atom. The minimum atomic E-state index is -4.60. The molecule has 77 heavy (non-hydrogen) atoms. The topological polar surface area (TPSA) is 205 Å². The van der Waals surface area contributed by atoms with E-state index in [9.17, 15) is 28.4 Å². The van der Waals surface area contributed by atoms with Gasteiger partial charge in [0.05, 0.1) is 27.2 Å². The highest BCUT2D eigenvalue weighted by atomic mass is 32.2. The van der Waals surface area contributed by atoms with Gasteiger partial charge >= 0.3 is 0 Å². The number of nitrogens with zero attached hydrogens (tertiary/aromatic N) is 5. The number of amides is 1. The third kappa shape index (κ3) is 11.1. The summed E-state index contributed by atoms with van der Waals surface area (Å²) < 4.78 is 48.7. The number of hydrogen-bond donors (Lipinski definition) is 4. The SMILES string of the molecule is CC(C)c1ccccc1C1CN(Cc2cccc3c2OC(C)(C)O3)CCN1C1CC2(CCN(c3ccc(C(=O)NS(=O)(=O)c4ccc(NCC5CCC(C)(O)CC5)c([N+](=O)[O-])c4)c(Oc4cnc5[nH]ccc5c4)c3)CC2)C1. The molecule has 3 aliphatic heterocycles. The van der Waals surface area contributed by atoms with Crippen molar-refractivity contribution in [3.05, 3.63) is 136 Å². The van der Waals surface area contributed by atoms with Gasteiger partial charge in [-0.15, -0.1) is 0 Å². The average molecular weight is 1070 g/mol. The molecule has 1 atom stereocenters. The van der Waals surface area contributed by atoms with Crippen molar-refractivity contribution in [1.82, 2.24) is 24.5 Å². The maximum absolute atomic E-state index is 14.1. The minimum Gasteiger partial charge on any atom is -0.455 e. The maximum Gasteiger partial charge on any atom is 0.293 e. The summed E-state index contributed by atoms with van der Waals surface area (Å²) in [5.41, 5.74) is 4.65. The first-order valence-electron chi connectivity index (χ1n) is 27.2. The predicted molar refractivity (Wildman–Crippen MR) is 295 cm³/mol. The van der Waals surface area contributed by atoms with Crippen molar-refractivity contribution >= 4 is 44.0 Å². The van der Waals surface area contributed by atoms with Gasteiger partial charge in [-0.05, 0) is 129 Å². The monoisotopic (exact) mass is 1070 g/mol. The van der Waals surface area contributed by atoms with Gasteiger partial charge in [-0.1, -0.05) is 50.2 Å². The van der Waals surface area contributed by atoms with Crippen LogP contribution in [0, 0.1) is 21.4 Å². The van der Waals surface area contributed by atoms with E-state index < -0.39 is 42.8 Å². The van der Waals surface area contributed by atoms with Gasteiger partial charge in [0.15, 0.2) is 11.5 Å². The number of nitro groups is 1. The van der Waals surface area contributed by atoms with E-state index in [1.54, 1.807) is 30.6 Å². The molecule has 0 radical (unpaired) electrons. The molecule has 2 saturated carbocycles. The van der Waals surface area contributed by atoms with Crippen molar-refractivity contribution in [2.45, 2.75) is 127 Å². The maximum atomic E-state index is 14.1. The lowest BCUT2D eigenvalue weighted by molar-refractivity contribution is -0.384. The smallest absolute Gasteiger partial charge is 0.293 e. The van der Waals surface area contributed by atoms with Crippen LogP contribution in [-0.4, -0.2) is 101 Å². The summed E-state index contributed by atoms with van der Waals surface area (Å²) in [7, 11) is -4.60. The van der Waals surface area contributed by atoms with Crippen LogP contribution in [0.1, 0.15) is 125 Å². The molecule has 2 saturated heterocycles. The van der Waals surface area contributed by atoms with Gasteiger partial charge in [0.1, 0.15) is 22.8 Å². The van der Waals surface area contributed by atoms with Gasteiger partial charge in [-0.2, -0.15) is 0 Å². The number of nitro benzene ring substituents is 1. The molecule has 4 N–H and O–H groups in total. The Morgan fingerprint density at radius 2 is 1.71 bits per heavy atom. The molecular formula is C59H70N8O9S. The summed E-state index contributed by atoms with van der Waals surface area (Å²) in [4.78, 5) is 40.6. The lowest BCUT2D eigenvalue weighted by Gasteiger charge is -2.58. The Balaban J connectivity index is 0.780. The second-order valence-electron chi connectivity index (χ2n) is 23.2. The molecule has 2 aliphatic carbocycles. The van der Waals surface area contributed by atoms with Crippen LogP contribution in [0.3, 0.4) is 0 Å². The fourth-order valence-corrected chi connectivity index (χ4v) is 13.6. The van der Waals surface area contributed by atoms with Crippen molar-refractivity contribution in [3.63, 3.8) is 0 Å². The first kappa shape index (κ1) is 52.3. The quantitative estimate of drug-likeness (QED) is 0.0558. The number of piperidine rings is 1. The first-order valence-corrected chi connectivity index (χ1v) is 28.7. The van der Waals surface area contributed by atoms with Gasteiger partial charge in [-0.3, -0.25) is 24.7 Å². The predicted octanol–water partition coefficient (Wildman–Crippen LogP) is 10.7. The number of para-hydroxylation sites is 1. The summed E-state index contributed by atoms with van der Waals surface area (Å²) >= 11 is 0. The zero-order valence-electron chi connectivity index (χ0n) is 44.6. The molecule has 5 heterocycles. The largest absolute Gasteiger partial charge is 0.455 e. The second kappa shape index (κ2) is 20.6. The number of carbonyl (C=O) groups is 1. The number of H-pyrrole nitrogens is 1. The number of aliphatic hydroxyl groups is 1. The molecule has 406 valence electrons. The zero-order valence-corrected chi connectivity index (χ0v) is 45.4. The Morgan fingerprint density at radius 1 is 0.935 bits per heavy atom. The van der Waals surface area contributed by atoms with Gasteiger partial charge in [0, 0.05) is 107 Å². The number of carbonyl (C=O) groups excluding carboxylic acids is 1. The van der Waals surface area contributed by atoms with E-state index >= 15 is 0 Å². The minimum absolute atomic E-state index is 0.0336. The molecule has 1 unspecified atom stereocenters. The number of fused-ring (bicyclic) bond motifs is 2. The van der Waals surface area contributed by atoms with Crippen molar-refractivity contribution in [2.75, 3.05) is 49.5 Å². The highest BCUT2D eigenvalue weighted by Gasteiger charge is 2.50. The number of hydrogen-bond acceptors (Lipinski definition) is 14. The van der Waals surface area contributed by atoms with Crippen molar-refractivity contribution in [2.24, 2.45) is 11.3 Å². The van der Waals surface area contributed by atoms with Crippen LogP contribution in [0.2, 0.25) is 0 Å². The van der Waals surface area contributed by atoms with Crippen LogP contribution in [0.15, 0.2) is 108 Å². The number of piperazine rings is 1. The molecule has 2 aromatic heterocycles. The van der Waals surface area contributed by atoms with Crippen LogP contribution in [0.5, 0.6) is 23.0 Å². The van der Waals surface area contributed by atoms with E-state index in [1.807, 2.05) is 39.0 Å². The number of rotatable bonds is 15. The van der Waals surface area contributed by atoms with E-state index in [0.29, 0.717) is 42.7 Å². The number of nitrogens with one attached hydrogen (secondary N) is 3. The van der Waals surface area contributed by atoms with E-state index in [1.165, 1.54) is 23.3 Å². The molecular weight excluding hydrogens is 997 g/mol. The van der Waals surface area contributed by atoms with Gasteiger partial charge in [0.25, 0.3) is 21.6 Å². The zero-order chi connectivity index (χ0) is 53.9. The average Bonchev–Trinajstić information content (AvgIpc) is 4.02. The fraction of sp³-hybridized carbons (Fsp3) is 0.458. The Hall–Kier alpha value is -6.73. The van der Waals surface area contributed by atoms with E-state index in [-0.39, 0.29) is 34.4 Å². The number of sulfonamides is 1. The number of aromatic amines is 1. The van der Waals surface area contributed by atoms with Gasteiger partial charge in [0.2, 0.25) is 5.79 Å². The van der Waals surface area contributed by atoms with Gasteiger partial charge in [-0.25, -0.2) is 18.1 Å². The molecule has 1 spiro atoms. The molecule has 0 bridgehead atoms. The summed E-state index contributed by atoms with van der Waals surface area (Å²) in [6.45, 7) is 15.9. The van der Waals surface area contributed by atoms with E-state index in [2.05, 4.69) is 85.0 Å². The molecule has 18 heteroatoms. The standard InChI is InChI=1S/C59H70N8O9S/c1-38(2)46-10-6-7-11-47(46)51-37-64(36-41-9-8-12-52-54(41)76-57(3,4)75-52)27-28-66(51)43-32-59(33-43)22-25-65(26-23-59)42-13-15-48(53(30-42)74-44-29-40-19-24-60-55(40)62-35-44)56(68)63-77(72,73)45-14-16-49(50(31-45)67(70)71)61-34-39-17-20-58(5,69)21-18-39/h6-16,19,24,29-31,35,38-39,43,51,61,69H,17-18,20-23,25-28,32-34,36-37H2,1-5H3,(H,60,62)(H,63,68). The van der Waals surface area contributed by atoms with Crippen molar-refractivity contribution in [1.29, 1.82) is 0 Å². The number of aromatic nitrogens is 2. The van der Waals surface area contributed by atoms with Crippen molar-refractivity contribution < 1.29 is 37.5 Å². The van der Waals surface area contributed by atoms with Crippen LogP contribution in [-0.2, 0) is 16.6 Å². The lowest BCUT2D eigenvalue weighted by Crippen LogP contribution is -2.60. The summed E-state index contributed by atoms with van der Waals surface area (Å²) in [6.07, 6.45) is 10.3. The number of ether oxygens (including phenoxy) is 3. The molecule has 4 fully saturated rings. The molecule has 4 aromatic carbocycles.